The molecule has 5 heteroatoms. The summed E-state index contributed by atoms with van der Waals surface area (Å²) in [7, 11) is 0. The van der Waals surface area contributed by atoms with E-state index in [4.69, 9.17) is 4.74 Å². The number of hydrogen-bond donors (Lipinski definition) is 0. The Kier molecular flexibility index (Phi) is 6.12. The van der Waals surface area contributed by atoms with E-state index in [-0.39, 0.29) is 5.91 Å². The second kappa shape index (κ2) is 8.72. The third kappa shape index (κ3) is 4.35. The van der Waals surface area contributed by atoms with Crippen LogP contribution in [0.5, 0.6) is 5.75 Å². The molecule has 0 radical (unpaired) electrons. The minimum absolute atomic E-state index is 0.00773. The molecule has 0 bridgehead atoms. The highest BCUT2D eigenvalue weighted by Crippen LogP contribution is 2.34. The third-order valence-corrected chi connectivity index (χ3v) is 4.79. The van der Waals surface area contributed by atoms with E-state index in [9.17, 15) is 4.79 Å². The summed E-state index contributed by atoms with van der Waals surface area (Å²) in [6.07, 6.45) is 2.79. The summed E-state index contributed by atoms with van der Waals surface area (Å²) in [4.78, 5) is 19.9. The van der Waals surface area contributed by atoms with Gasteiger partial charge in [0, 0.05) is 6.54 Å². The third-order valence-electron chi connectivity index (χ3n) is 3.78. The minimum atomic E-state index is 0.00773. The number of rotatable bonds is 6. The lowest BCUT2D eigenvalue weighted by Crippen LogP contribution is -2.29. The van der Waals surface area contributed by atoms with E-state index in [1.807, 2.05) is 67.6 Å². The number of amidine groups is 1. The lowest BCUT2D eigenvalue weighted by Gasteiger charge is -2.13. The Morgan fingerprint density at radius 3 is 2.65 bits per heavy atom. The number of carbonyl (C=O) groups is 1. The number of ether oxygens (including phenoxy) is 1. The van der Waals surface area contributed by atoms with E-state index in [2.05, 4.69) is 11.9 Å². The molecule has 0 aromatic heterocycles. The SMILES string of the molecule is CCCN1C(=O)/C(=C\c2cccc(OCC)c2)SC1=Nc1ccccc1. The predicted molar refractivity (Wildman–Crippen MR) is 109 cm³/mol. The summed E-state index contributed by atoms with van der Waals surface area (Å²) < 4.78 is 5.54. The molecule has 0 atom stereocenters. The van der Waals surface area contributed by atoms with Gasteiger partial charge in [0.1, 0.15) is 5.75 Å². The van der Waals surface area contributed by atoms with Crippen LogP contribution < -0.4 is 4.74 Å². The first kappa shape index (κ1) is 18.3. The van der Waals surface area contributed by atoms with Crippen molar-refractivity contribution in [3.8, 4) is 5.75 Å². The van der Waals surface area contributed by atoms with E-state index < -0.39 is 0 Å². The molecule has 1 aliphatic rings. The van der Waals surface area contributed by atoms with Crippen LogP contribution in [0.15, 0.2) is 64.5 Å². The van der Waals surface area contributed by atoms with E-state index >= 15 is 0 Å². The monoisotopic (exact) mass is 366 g/mol. The average Bonchev–Trinajstić information content (AvgIpc) is 2.92. The van der Waals surface area contributed by atoms with Gasteiger partial charge in [-0.3, -0.25) is 9.69 Å². The van der Waals surface area contributed by atoms with Gasteiger partial charge in [0.05, 0.1) is 17.2 Å². The zero-order valence-electron chi connectivity index (χ0n) is 15.0. The van der Waals surface area contributed by atoms with Crippen LogP contribution in [0.2, 0.25) is 0 Å². The van der Waals surface area contributed by atoms with Crippen molar-refractivity contribution in [2.45, 2.75) is 20.3 Å². The van der Waals surface area contributed by atoms with Gasteiger partial charge in [-0.1, -0.05) is 37.3 Å². The predicted octanol–water partition coefficient (Wildman–Crippen LogP) is 5.10. The summed E-state index contributed by atoms with van der Waals surface area (Å²) in [5.74, 6) is 0.814. The maximum absolute atomic E-state index is 12.8. The fraction of sp³-hybridized carbons (Fsp3) is 0.238. The van der Waals surface area contributed by atoms with Crippen LogP contribution in [-0.2, 0) is 4.79 Å². The smallest absolute Gasteiger partial charge is 0.266 e. The Hall–Kier alpha value is -2.53. The van der Waals surface area contributed by atoms with Gasteiger partial charge in [0.2, 0.25) is 0 Å². The summed E-state index contributed by atoms with van der Waals surface area (Å²) >= 11 is 1.42. The van der Waals surface area contributed by atoms with Crippen LogP contribution in [0, 0.1) is 0 Å². The first-order valence-electron chi connectivity index (χ1n) is 8.79. The van der Waals surface area contributed by atoms with Gasteiger partial charge in [0.25, 0.3) is 5.91 Å². The van der Waals surface area contributed by atoms with Crippen LogP contribution in [0.1, 0.15) is 25.8 Å². The van der Waals surface area contributed by atoms with E-state index in [1.54, 1.807) is 4.90 Å². The van der Waals surface area contributed by atoms with Crippen molar-refractivity contribution in [2.24, 2.45) is 4.99 Å². The van der Waals surface area contributed by atoms with Gasteiger partial charge in [-0.25, -0.2) is 4.99 Å². The van der Waals surface area contributed by atoms with Gasteiger partial charge in [-0.2, -0.15) is 0 Å². The van der Waals surface area contributed by atoms with Crippen LogP contribution in [0.4, 0.5) is 5.69 Å². The van der Waals surface area contributed by atoms with Gasteiger partial charge < -0.3 is 4.74 Å². The molecule has 3 rings (SSSR count). The molecule has 2 aromatic carbocycles. The fourth-order valence-corrected chi connectivity index (χ4v) is 3.66. The van der Waals surface area contributed by atoms with Crippen molar-refractivity contribution in [2.75, 3.05) is 13.2 Å². The maximum Gasteiger partial charge on any atom is 0.266 e. The summed E-state index contributed by atoms with van der Waals surface area (Å²) in [6.45, 7) is 5.29. The normalized spacial score (nSPS) is 17.3. The first-order valence-corrected chi connectivity index (χ1v) is 9.61. The molecule has 4 nitrogen and oxygen atoms in total. The molecule has 0 spiro atoms. The lowest BCUT2D eigenvalue weighted by atomic mass is 10.2. The van der Waals surface area contributed by atoms with Gasteiger partial charge >= 0.3 is 0 Å². The maximum atomic E-state index is 12.8. The Labute approximate surface area is 158 Å². The molecule has 1 amide bonds. The molecule has 0 unspecified atom stereocenters. The first-order chi connectivity index (χ1) is 12.7. The molecular weight excluding hydrogens is 344 g/mol. The molecule has 1 saturated heterocycles. The van der Waals surface area contributed by atoms with Crippen molar-refractivity contribution >= 4 is 34.6 Å². The van der Waals surface area contributed by atoms with Crippen LogP contribution in [0.25, 0.3) is 6.08 Å². The van der Waals surface area contributed by atoms with Crippen molar-refractivity contribution in [3.05, 3.63) is 65.1 Å². The second-order valence-electron chi connectivity index (χ2n) is 5.80. The van der Waals surface area contributed by atoms with Gasteiger partial charge in [-0.05, 0) is 61.0 Å². The Morgan fingerprint density at radius 1 is 1.12 bits per heavy atom. The number of benzene rings is 2. The summed E-state index contributed by atoms with van der Waals surface area (Å²) in [5, 5.41) is 0.732. The molecular formula is C21H22N2O2S. The number of nitrogens with zero attached hydrogens (tertiary/aromatic N) is 2. The van der Waals surface area contributed by atoms with Crippen molar-refractivity contribution in [1.29, 1.82) is 0 Å². The topological polar surface area (TPSA) is 41.9 Å². The molecule has 134 valence electrons. The number of thioether (sulfide) groups is 1. The molecule has 1 fully saturated rings. The second-order valence-corrected chi connectivity index (χ2v) is 6.81. The number of aliphatic imine (C=N–C) groups is 1. The quantitative estimate of drug-likeness (QED) is 0.668. The fourth-order valence-electron chi connectivity index (χ4n) is 2.64. The Balaban J connectivity index is 1.90. The Morgan fingerprint density at radius 2 is 1.92 bits per heavy atom. The zero-order valence-corrected chi connectivity index (χ0v) is 15.8. The highest BCUT2D eigenvalue weighted by Gasteiger charge is 2.32. The largest absolute Gasteiger partial charge is 0.494 e. The Bertz CT molecular complexity index is 831. The molecule has 2 aromatic rings. The van der Waals surface area contributed by atoms with Crippen LogP contribution in [-0.4, -0.2) is 29.1 Å². The zero-order chi connectivity index (χ0) is 18.4. The summed E-state index contributed by atoms with van der Waals surface area (Å²) in [5.41, 5.74) is 1.80. The molecule has 0 N–H and O–H groups in total. The van der Waals surface area contributed by atoms with Crippen LogP contribution in [0.3, 0.4) is 0 Å². The van der Waals surface area contributed by atoms with Crippen molar-refractivity contribution in [1.82, 2.24) is 4.90 Å². The summed E-state index contributed by atoms with van der Waals surface area (Å²) in [6, 6.07) is 17.5. The van der Waals surface area contributed by atoms with E-state index in [0.717, 1.165) is 28.6 Å². The van der Waals surface area contributed by atoms with Crippen molar-refractivity contribution < 1.29 is 9.53 Å². The highest BCUT2D eigenvalue weighted by molar-refractivity contribution is 8.18. The standard InChI is InChI=1S/C21H22N2O2S/c1-3-13-23-20(24)19(15-16-9-8-12-18(14-16)25-4-2)26-21(23)22-17-10-6-5-7-11-17/h5-12,14-15H,3-4,13H2,1-2H3/b19-15+,22-21?. The molecule has 0 aliphatic carbocycles. The van der Waals surface area contributed by atoms with Crippen molar-refractivity contribution in [3.63, 3.8) is 0 Å². The molecule has 26 heavy (non-hydrogen) atoms. The number of amides is 1. The number of hydrogen-bond acceptors (Lipinski definition) is 4. The number of carbonyl (C=O) groups excluding carboxylic acids is 1. The number of para-hydroxylation sites is 1. The lowest BCUT2D eigenvalue weighted by molar-refractivity contribution is -0.122. The van der Waals surface area contributed by atoms with Crippen LogP contribution >= 0.6 is 11.8 Å². The highest BCUT2D eigenvalue weighted by atomic mass is 32.2. The molecule has 1 aliphatic heterocycles. The minimum Gasteiger partial charge on any atom is -0.494 e. The van der Waals surface area contributed by atoms with E-state index in [1.165, 1.54) is 11.8 Å². The average molecular weight is 366 g/mol. The van der Waals surface area contributed by atoms with Gasteiger partial charge in [0.15, 0.2) is 5.17 Å². The van der Waals surface area contributed by atoms with E-state index in [0.29, 0.717) is 18.1 Å². The molecule has 1 heterocycles. The molecule has 0 saturated carbocycles. The van der Waals surface area contributed by atoms with Gasteiger partial charge in [-0.15, -0.1) is 0 Å².